The van der Waals surface area contributed by atoms with Gasteiger partial charge in [0, 0.05) is 0 Å². The van der Waals surface area contributed by atoms with E-state index in [2.05, 4.69) is 21.0 Å². The van der Waals surface area contributed by atoms with Gasteiger partial charge >= 0.3 is 0 Å². The van der Waals surface area contributed by atoms with Gasteiger partial charge in [0.2, 0.25) is 6.08 Å². The number of aliphatic imine (C=N–C) groups is 3. The molecule has 0 amide bonds. The molecule has 4 heteroatoms. The first kappa shape index (κ1) is 16.8. The van der Waals surface area contributed by atoms with Crippen LogP contribution in [0.25, 0.3) is 0 Å². The summed E-state index contributed by atoms with van der Waals surface area (Å²) in [6.07, 6.45) is 1.46. The highest BCUT2D eigenvalue weighted by Gasteiger charge is 1.83. The van der Waals surface area contributed by atoms with Gasteiger partial charge < -0.3 is 0 Å². The molecule has 4 nitrogen and oxygen atoms in total. The minimum absolute atomic E-state index is 0.646. The third-order valence-electron chi connectivity index (χ3n) is 2.80. The van der Waals surface area contributed by atoms with Crippen molar-refractivity contribution in [2.75, 3.05) is 0 Å². The first-order chi connectivity index (χ1) is 11.9. The van der Waals surface area contributed by atoms with Crippen LogP contribution in [0.2, 0.25) is 0 Å². The molecule has 3 aromatic rings. The van der Waals surface area contributed by atoms with Crippen LogP contribution in [0.4, 0.5) is 17.1 Å². The summed E-state index contributed by atoms with van der Waals surface area (Å²) in [7, 11) is 0. The average Bonchev–Trinajstić information content (AvgIpc) is 2.65. The van der Waals surface area contributed by atoms with Gasteiger partial charge in [-0.25, -0.2) is 4.79 Å². The van der Waals surface area contributed by atoms with Gasteiger partial charge in [-0.3, -0.25) is 0 Å². The summed E-state index contributed by atoms with van der Waals surface area (Å²) in [5.74, 6) is 0. The van der Waals surface area contributed by atoms with Crippen molar-refractivity contribution in [3.8, 4) is 0 Å². The highest BCUT2D eigenvalue weighted by atomic mass is 16.1. The van der Waals surface area contributed by atoms with E-state index in [0.29, 0.717) is 5.69 Å². The molecule has 0 saturated heterocycles. The van der Waals surface area contributed by atoms with Gasteiger partial charge in [0.15, 0.2) is 0 Å². The van der Waals surface area contributed by atoms with Crippen molar-refractivity contribution in [2.24, 2.45) is 15.0 Å². The summed E-state index contributed by atoms with van der Waals surface area (Å²) in [6.45, 7) is 0. The maximum atomic E-state index is 9.68. The van der Waals surface area contributed by atoms with Crippen molar-refractivity contribution >= 4 is 29.2 Å². The molecule has 3 aromatic carbocycles. The Morgan fingerprint density at radius 1 is 0.500 bits per heavy atom. The van der Waals surface area contributed by atoms with Crippen LogP contribution in [0.3, 0.4) is 0 Å². The monoisotopic (exact) mass is 313 g/mol. The molecule has 0 aliphatic heterocycles. The lowest BCUT2D eigenvalue weighted by atomic mass is 10.3. The summed E-state index contributed by atoms with van der Waals surface area (Å²) in [5.41, 5.74) is 2.36. The number of rotatable bonds is 3. The Morgan fingerprint density at radius 3 is 1.17 bits per heavy atom. The van der Waals surface area contributed by atoms with Gasteiger partial charge in [0.05, 0.1) is 17.1 Å². The number of para-hydroxylation sites is 3. The molecule has 0 radical (unpaired) electrons. The molecule has 0 atom stereocenters. The van der Waals surface area contributed by atoms with Crippen LogP contribution >= 0.6 is 0 Å². The van der Waals surface area contributed by atoms with E-state index in [4.69, 9.17) is 0 Å². The largest absolute Gasteiger partial charge is 0.240 e. The number of benzene rings is 3. The lowest BCUT2D eigenvalue weighted by molar-refractivity contribution is 0.565. The van der Waals surface area contributed by atoms with E-state index in [1.807, 2.05) is 78.9 Å². The smallest absolute Gasteiger partial charge is 0.211 e. The predicted octanol–water partition coefficient (Wildman–Crippen LogP) is 5.48. The molecule has 116 valence electrons. The number of hydrogen-bond donors (Lipinski definition) is 0. The van der Waals surface area contributed by atoms with Crippen molar-refractivity contribution in [2.45, 2.75) is 0 Å². The van der Waals surface area contributed by atoms with E-state index in [1.165, 1.54) is 6.08 Å². The van der Waals surface area contributed by atoms with E-state index in [9.17, 15) is 4.79 Å². The molecule has 0 saturated carbocycles. The molecule has 0 aliphatic rings. The lowest BCUT2D eigenvalue weighted by Gasteiger charge is -1.87. The van der Waals surface area contributed by atoms with Crippen LogP contribution in [0.5, 0.6) is 0 Å². The number of carbonyl (C=O) groups excluding carboxylic acids is 1. The summed E-state index contributed by atoms with van der Waals surface area (Å²) in [4.78, 5) is 21.3. The van der Waals surface area contributed by atoms with E-state index < -0.39 is 0 Å². The molecular weight excluding hydrogens is 298 g/mol. The second kappa shape index (κ2) is 10.2. The first-order valence-electron chi connectivity index (χ1n) is 7.28. The van der Waals surface area contributed by atoms with Crippen LogP contribution in [-0.4, -0.2) is 12.1 Å². The molecule has 0 heterocycles. The average molecular weight is 313 g/mol. The Hall–Kier alpha value is -3.58. The Kier molecular flexibility index (Phi) is 7.13. The van der Waals surface area contributed by atoms with Gasteiger partial charge in [0.25, 0.3) is 0 Å². The molecule has 0 bridgehead atoms. The van der Waals surface area contributed by atoms with Crippen molar-refractivity contribution in [1.29, 1.82) is 0 Å². The topological polar surface area (TPSA) is 54.1 Å². The van der Waals surface area contributed by atoms with Crippen molar-refractivity contribution in [3.05, 3.63) is 91.0 Å². The molecule has 0 spiro atoms. The van der Waals surface area contributed by atoms with Crippen LogP contribution in [0, 0.1) is 0 Å². The van der Waals surface area contributed by atoms with E-state index >= 15 is 0 Å². The second-order valence-electron chi connectivity index (χ2n) is 4.53. The minimum Gasteiger partial charge on any atom is -0.211 e. The van der Waals surface area contributed by atoms with Crippen molar-refractivity contribution in [3.63, 3.8) is 0 Å². The fourth-order valence-electron chi connectivity index (χ4n) is 1.70. The molecule has 3 rings (SSSR count). The van der Waals surface area contributed by atoms with Crippen LogP contribution in [0.15, 0.2) is 106 Å². The zero-order chi connectivity index (χ0) is 16.9. The van der Waals surface area contributed by atoms with Gasteiger partial charge in [-0.15, -0.1) is 0 Å². The molecule has 0 fully saturated rings. The van der Waals surface area contributed by atoms with Crippen LogP contribution in [0.1, 0.15) is 0 Å². The summed E-state index contributed by atoms with van der Waals surface area (Å²) >= 11 is 0. The highest BCUT2D eigenvalue weighted by molar-refractivity contribution is 5.57. The highest BCUT2D eigenvalue weighted by Crippen LogP contribution is 2.10. The van der Waals surface area contributed by atoms with Crippen molar-refractivity contribution < 1.29 is 4.79 Å². The fraction of sp³-hybridized carbons (Fsp3) is 0. The molecule has 0 aromatic heterocycles. The number of nitrogens with zero attached hydrogens (tertiary/aromatic N) is 3. The fourth-order valence-corrected chi connectivity index (χ4v) is 1.70. The van der Waals surface area contributed by atoms with Crippen LogP contribution in [-0.2, 0) is 4.79 Å². The lowest BCUT2D eigenvalue weighted by Crippen LogP contribution is -1.63. The van der Waals surface area contributed by atoms with Crippen molar-refractivity contribution in [1.82, 2.24) is 0 Å². The normalized spacial score (nSPS) is 8.67. The third kappa shape index (κ3) is 6.46. The Labute approximate surface area is 140 Å². The Balaban J connectivity index is 0.000000198. The maximum absolute atomic E-state index is 9.68. The number of hydrogen-bond acceptors (Lipinski definition) is 4. The predicted molar refractivity (Wildman–Crippen MR) is 96.3 cm³/mol. The zero-order valence-corrected chi connectivity index (χ0v) is 12.9. The van der Waals surface area contributed by atoms with E-state index in [0.717, 1.165) is 11.4 Å². The summed E-state index contributed by atoms with van der Waals surface area (Å²) in [6, 6.07) is 30.9. The van der Waals surface area contributed by atoms with Gasteiger partial charge in [-0.05, 0) is 36.4 Å². The van der Waals surface area contributed by atoms with Crippen LogP contribution < -0.4 is 0 Å². The third-order valence-corrected chi connectivity index (χ3v) is 2.80. The molecule has 0 unspecified atom stereocenters. The quantitative estimate of drug-likeness (QED) is 0.466. The van der Waals surface area contributed by atoms with E-state index in [1.54, 1.807) is 12.1 Å². The van der Waals surface area contributed by atoms with Gasteiger partial charge in [-0.2, -0.15) is 15.0 Å². The maximum Gasteiger partial charge on any atom is 0.240 e. The zero-order valence-electron chi connectivity index (χ0n) is 12.9. The summed E-state index contributed by atoms with van der Waals surface area (Å²) < 4.78 is 0. The van der Waals surface area contributed by atoms with E-state index in [-0.39, 0.29) is 0 Å². The standard InChI is InChI=1S/C13H10N2.C7H5NO/c1-3-7-12(8-4-1)14-11-15-13-9-5-2-6-10-13;9-6-8-7-4-2-1-3-5-7/h1-10H;1-5H. The molecule has 0 N–H and O–H groups in total. The SMILES string of the molecule is C(=Nc1ccccc1)=Nc1ccccc1.O=C=Nc1ccccc1. The summed E-state index contributed by atoms with van der Waals surface area (Å²) in [5, 5.41) is 0. The Bertz CT molecular complexity index is 790. The number of isocyanates is 1. The molecule has 0 aliphatic carbocycles. The van der Waals surface area contributed by atoms with Gasteiger partial charge in [-0.1, -0.05) is 54.6 Å². The minimum atomic E-state index is 0.646. The molecule has 24 heavy (non-hydrogen) atoms. The van der Waals surface area contributed by atoms with Gasteiger partial charge in [0.1, 0.15) is 6.01 Å². The molecular formula is C20H15N3O. The first-order valence-corrected chi connectivity index (χ1v) is 7.28. The Morgan fingerprint density at radius 2 is 0.833 bits per heavy atom. The second-order valence-corrected chi connectivity index (χ2v) is 4.53.